The highest BCUT2D eigenvalue weighted by atomic mass is 32.1. The van der Waals surface area contributed by atoms with E-state index in [1.165, 1.54) is 29.6 Å². The third kappa shape index (κ3) is 5.12. The Labute approximate surface area is 175 Å². The Morgan fingerprint density at radius 3 is 2.34 bits per heavy atom. The van der Waals surface area contributed by atoms with Crippen molar-refractivity contribution in [1.82, 2.24) is 0 Å². The number of esters is 1. The van der Waals surface area contributed by atoms with Crippen molar-refractivity contribution in [3.05, 3.63) is 76.2 Å². The fourth-order valence-electron chi connectivity index (χ4n) is 3.28. The van der Waals surface area contributed by atoms with E-state index in [-0.39, 0.29) is 5.91 Å². The van der Waals surface area contributed by atoms with Crippen LogP contribution in [0.25, 0.3) is 11.1 Å². The van der Waals surface area contributed by atoms with Crippen LogP contribution < -0.4 is 5.32 Å². The van der Waals surface area contributed by atoms with E-state index in [9.17, 15) is 9.59 Å². The zero-order chi connectivity index (χ0) is 20.8. The van der Waals surface area contributed by atoms with E-state index >= 15 is 0 Å². The third-order valence-corrected chi connectivity index (χ3v) is 5.80. The molecule has 0 fully saturated rings. The summed E-state index contributed by atoms with van der Waals surface area (Å²) in [4.78, 5) is 26.0. The third-order valence-electron chi connectivity index (χ3n) is 4.78. The van der Waals surface area contributed by atoms with Gasteiger partial charge in [-0.2, -0.15) is 0 Å². The van der Waals surface area contributed by atoms with Gasteiger partial charge in [-0.1, -0.05) is 60.2 Å². The molecule has 0 aliphatic rings. The van der Waals surface area contributed by atoms with Crippen LogP contribution in [0.3, 0.4) is 0 Å². The average molecular weight is 408 g/mol. The zero-order valence-electron chi connectivity index (χ0n) is 17.0. The Bertz CT molecular complexity index is 991. The number of thiophene rings is 1. The number of carbonyl (C=O) groups is 2. The summed E-state index contributed by atoms with van der Waals surface area (Å²) in [6, 6.07) is 18.0. The molecule has 3 rings (SSSR count). The molecule has 1 N–H and O–H groups in total. The average Bonchev–Trinajstić information content (AvgIpc) is 3.05. The largest absolute Gasteiger partial charge is 0.465 e. The highest BCUT2D eigenvalue weighted by Crippen LogP contribution is 2.40. The van der Waals surface area contributed by atoms with Crippen molar-refractivity contribution in [2.24, 2.45) is 0 Å². The monoisotopic (exact) mass is 407 g/mol. The number of amides is 1. The van der Waals surface area contributed by atoms with Gasteiger partial charge >= 0.3 is 5.97 Å². The maximum Gasteiger partial charge on any atom is 0.341 e. The fourth-order valence-corrected chi connectivity index (χ4v) is 4.36. The molecule has 0 unspecified atom stereocenters. The number of methoxy groups -OCH3 is 1. The van der Waals surface area contributed by atoms with Gasteiger partial charge in [-0.3, -0.25) is 4.79 Å². The molecule has 1 heterocycles. The molecule has 0 radical (unpaired) electrons. The van der Waals surface area contributed by atoms with Crippen LogP contribution in [0.1, 0.15) is 39.2 Å². The molecule has 0 spiro atoms. The first-order valence-electron chi connectivity index (χ1n) is 9.62. The molecule has 0 atom stereocenters. The number of hydrogen-bond acceptors (Lipinski definition) is 4. The van der Waals surface area contributed by atoms with Gasteiger partial charge in [-0.25, -0.2) is 4.79 Å². The molecular formula is C24H25NO3S. The van der Waals surface area contributed by atoms with Gasteiger partial charge in [0.1, 0.15) is 10.6 Å². The minimum Gasteiger partial charge on any atom is -0.465 e. The second-order valence-corrected chi connectivity index (χ2v) is 8.21. The summed E-state index contributed by atoms with van der Waals surface area (Å²) >= 11 is 1.41. The van der Waals surface area contributed by atoms with E-state index < -0.39 is 5.97 Å². The van der Waals surface area contributed by atoms with Crippen molar-refractivity contribution >= 4 is 28.2 Å². The summed E-state index contributed by atoms with van der Waals surface area (Å²) in [6.07, 6.45) is 1.99. The summed E-state index contributed by atoms with van der Waals surface area (Å²) < 4.78 is 5.00. The van der Waals surface area contributed by atoms with E-state index in [4.69, 9.17) is 4.74 Å². The minimum absolute atomic E-state index is 0.0943. The van der Waals surface area contributed by atoms with Crippen LogP contribution in [-0.4, -0.2) is 19.0 Å². The Kier molecular flexibility index (Phi) is 6.83. The first-order valence-corrected chi connectivity index (χ1v) is 10.4. The molecule has 0 aliphatic carbocycles. The van der Waals surface area contributed by atoms with Gasteiger partial charge in [0.15, 0.2) is 0 Å². The molecule has 29 heavy (non-hydrogen) atoms. The Hall–Kier alpha value is -2.92. The molecule has 2 aromatic carbocycles. The second kappa shape index (κ2) is 9.52. The van der Waals surface area contributed by atoms with Gasteiger partial charge in [0.25, 0.3) is 0 Å². The predicted molar refractivity (Wildman–Crippen MR) is 119 cm³/mol. The second-order valence-electron chi connectivity index (χ2n) is 6.98. The summed E-state index contributed by atoms with van der Waals surface area (Å²) in [7, 11) is 1.36. The molecule has 150 valence electrons. The molecule has 0 saturated carbocycles. The standard InChI is InChI=1S/C24H25NO3S/c1-16-12-14-18(15-13-16)8-7-11-20(26)25-23-22(24(27)28-3)21(17(2)29-23)19-9-5-4-6-10-19/h4-6,9-10,12-15H,7-8,11H2,1-3H3,(H,25,26). The number of benzene rings is 2. The van der Waals surface area contributed by atoms with E-state index in [0.29, 0.717) is 17.0 Å². The van der Waals surface area contributed by atoms with E-state index in [0.717, 1.165) is 28.8 Å². The molecule has 1 amide bonds. The number of aryl methyl sites for hydroxylation is 3. The lowest BCUT2D eigenvalue weighted by molar-refractivity contribution is -0.116. The lowest BCUT2D eigenvalue weighted by Gasteiger charge is -2.08. The Morgan fingerprint density at radius 2 is 1.69 bits per heavy atom. The number of rotatable bonds is 7. The van der Waals surface area contributed by atoms with Crippen LogP contribution in [0.2, 0.25) is 0 Å². The van der Waals surface area contributed by atoms with Gasteiger partial charge in [0.2, 0.25) is 5.91 Å². The maximum atomic E-state index is 12.5. The Balaban J connectivity index is 1.73. The van der Waals surface area contributed by atoms with Gasteiger partial charge in [0, 0.05) is 16.9 Å². The lowest BCUT2D eigenvalue weighted by Crippen LogP contribution is -2.14. The van der Waals surface area contributed by atoms with Crippen LogP contribution in [0, 0.1) is 13.8 Å². The summed E-state index contributed by atoms with van der Waals surface area (Å²) in [5.74, 6) is -0.536. The van der Waals surface area contributed by atoms with E-state index in [1.54, 1.807) is 0 Å². The quantitative estimate of drug-likeness (QED) is 0.505. The highest BCUT2D eigenvalue weighted by molar-refractivity contribution is 7.17. The smallest absolute Gasteiger partial charge is 0.341 e. The van der Waals surface area contributed by atoms with Crippen LogP contribution in [0.15, 0.2) is 54.6 Å². The SMILES string of the molecule is COC(=O)c1c(NC(=O)CCCc2ccc(C)cc2)sc(C)c1-c1ccccc1. The summed E-state index contributed by atoms with van der Waals surface area (Å²) in [5, 5.41) is 3.48. The molecule has 0 aliphatic heterocycles. The van der Waals surface area contributed by atoms with Crippen LogP contribution in [0.4, 0.5) is 5.00 Å². The highest BCUT2D eigenvalue weighted by Gasteiger charge is 2.24. The molecule has 5 heteroatoms. The van der Waals surface area contributed by atoms with E-state index in [2.05, 4.69) is 36.5 Å². The van der Waals surface area contributed by atoms with Crippen LogP contribution in [0.5, 0.6) is 0 Å². The predicted octanol–water partition coefficient (Wildman–Crippen LogP) is 5.78. The van der Waals surface area contributed by atoms with Crippen molar-refractivity contribution in [1.29, 1.82) is 0 Å². The van der Waals surface area contributed by atoms with Crippen molar-refractivity contribution in [3.8, 4) is 11.1 Å². The van der Waals surface area contributed by atoms with Gasteiger partial charge in [-0.05, 0) is 37.8 Å². The van der Waals surface area contributed by atoms with Crippen LogP contribution >= 0.6 is 11.3 Å². The first kappa shape index (κ1) is 20.8. The van der Waals surface area contributed by atoms with Crippen molar-refractivity contribution in [2.75, 3.05) is 12.4 Å². The van der Waals surface area contributed by atoms with Gasteiger partial charge < -0.3 is 10.1 Å². The van der Waals surface area contributed by atoms with Crippen molar-refractivity contribution in [3.63, 3.8) is 0 Å². The zero-order valence-corrected chi connectivity index (χ0v) is 17.8. The normalized spacial score (nSPS) is 10.6. The molecule has 3 aromatic rings. The molecule has 0 saturated heterocycles. The van der Waals surface area contributed by atoms with Crippen molar-refractivity contribution in [2.45, 2.75) is 33.1 Å². The van der Waals surface area contributed by atoms with Gasteiger partial charge in [-0.15, -0.1) is 11.3 Å². The van der Waals surface area contributed by atoms with Crippen molar-refractivity contribution < 1.29 is 14.3 Å². The fraction of sp³-hybridized carbons (Fsp3) is 0.250. The maximum absolute atomic E-state index is 12.5. The molecule has 0 bridgehead atoms. The van der Waals surface area contributed by atoms with Gasteiger partial charge in [0.05, 0.1) is 7.11 Å². The first-order chi connectivity index (χ1) is 14.0. The lowest BCUT2D eigenvalue weighted by atomic mass is 10.0. The Morgan fingerprint density at radius 1 is 1.00 bits per heavy atom. The summed E-state index contributed by atoms with van der Waals surface area (Å²) in [6.45, 7) is 4.01. The molecule has 4 nitrogen and oxygen atoms in total. The van der Waals surface area contributed by atoms with Crippen LogP contribution in [-0.2, 0) is 16.0 Å². The minimum atomic E-state index is -0.442. The number of ether oxygens (including phenoxy) is 1. The van der Waals surface area contributed by atoms with E-state index in [1.807, 2.05) is 37.3 Å². The number of nitrogens with one attached hydrogen (secondary N) is 1. The topological polar surface area (TPSA) is 55.4 Å². The molecule has 1 aromatic heterocycles. The molecular weight excluding hydrogens is 382 g/mol. The summed E-state index contributed by atoms with van der Waals surface area (Å²) in [5.41, 5.74) is 4.62. The number of anilines is 1. The number of carbonyl (C=O) groups excluding carboxylic acids is 2. The number of hydrogen-bond donors (Lipinski definition) is 1.